The zero-order valence-electron chi connectivity index (χ0n) is 14.6. The highest BCUT2D eigenvalue weighted by Gasteiger charge is 2.28. The number of hydrogen-bond donors (Lipinski definition) is 1. The Morgan fingerprint density at radius 3 is 3.08 bits per heavy atom. The van der Waals surface area contributed by atoms with Crippen LogP contribution in [0, 0.1) is 5.92 Å². The Hall–Kier alpha value is -2.60. The summed E-state index contributed by atoms with van der Waals surface area (Å²) in [7, 11) is 1.61. The second kappa shape index (κ2) is 7.33. The summed E-state index contributed by atoms with van der Waals surface area (Å²) >= 11 is 1.72. The number of nitrogens with zero attached hydrogens (tertiary/aromatic N) is 2. The maximum absolute atomic E-state index is 12.8. The van der Waals surface area contributed by atoms with Crippen LogP contribution in [0.5, 0.6) is 5.75 Å². The molecule has 1 amide bonds. The Labute approximate surface area is 156 Å². The van der Waals surface area contributed by atoms with Crippen LogP contribution < -0.4 is 15.0 Å². The lowest BCUT2D eigenvalue weighted by atomic mass is 9.96. The second-order valence-electron chi connectivity index (χ2n) is 6.44. The lowest BCUT2D eigenvalue weighted by molar-refractivity contribution is -0.120. The van der Waals surface area contributed by atoms with E-state index in [4.69, 9.17) is 4.74 Å². The first-order valence-electron chi connectivity index (χ1n) is 8.77. The van der Waals surface area contributed by atoms with Crippen LogP contribution in [0.1, 0.15) is 12.8 Å². The first-order valence-corrected chi connectivity index (χ1v) is 9.65. The highest BCUT2D eigenvalue weighted by molar-refractivity contribution is 7.17. The Bertz CT molecular complexity index is 924. The summed E-state index contributed by atoms with van der Waals surface area (Å²) in [4.78, 5) is 19.6. The molecule has 134 valence electrons. The molecule has 0 spiro atoms. The van der Waals surface area contributed by atoms with Gasteiger partial charge in [-0.1, -0.05) is 12.1 Å². The molecule has 26 heavy (non-hydrogen) atoms. The van der Waals surface area contributed by atoms with E-state index in [-0.39, 0.29) is 11.8 Å². The number of fused-ring (bicyclic) bond motifs is 1. The predicted molar refractivity (Wildman–Crippen MR) is 106 cm³/mol. The molecule has 3 heterocycles. The first-order chi connectivity index (χ1) is 12.8. The minimum absolute atomic E-state index is 0.0386. The molecule has 0 radical (unpaired) electrons. The summed E-state index contributed by atoms with van der Waals surface area (Å²) in [6.45, 7) is 1.61. The van der Waals surface area contributed by atoms with E-state index in [0.717, 1.165) is 30.9 Å². The smallest absolute Gasteiger partial charge is 0.229 e. The third-order valence-electron chi connectivity index (χ3n) is 4.82. The van der Waals surface area contributed by atoms with Crippen molar-refractivity contribution in [3.05, 3.63) is 48.0 Å². The standard InChI is InChI=1S/C20H21N3O2S/c1-25-17-7-3-2-6-16(17)22-20(24)14-5-4-11-23(13-14)19-15-9-12-26-18(15)8-10-21-19/h2-3,6-10,12,14H,4-5,11,13H2,1H3,(H,22,24). The topological polar surface area (TPSA) is 54.5 Å². The third kappa shape index (κ3) is 3.24. The molecule has 0 saturated carbocycles. The number of carbonyl (C=O) groups excluding carboxylic acids is 1. The van der Waals surface area contributed by atoms with E-state index in [1.165, 1.54) is 10.1 Å². The van der Waals surface area contributed by atoms with Gasteiger partial charge >= 0.3 is 0 Å². The van der Waals surface area contributed by atoms with Gasteiger partial charge < -0.3 is 15.0 Å². The minimum Gasteiger partial charge on any atom is -0.495 e. The SMILES string of the molecule is COc1ccccc1NC(=O)C1CCCN(c2nccc3sccc23)C1. The van der Waals surface area contributed by atoms with Crippen LogP contribution in [-0.2, 0) is 4.79 Å². The maximum Gasteiger partial charge on any atom is 0.229 e. The molecule has 1 atom stereocenters. The van der Waals surface area contributed by atoms with Crippen molar-refractivity contribution >= 4 is 38.8 Å². The molecule has 1 saturated heterocycles. The van der Waals surface area contributed by atoms with Crippen LogP contribution in [0.4, 0.5) is 11.5 Å². The van der Waals surface area contributed by atoms with Gasteiger partial charge in [-0.25, -0.2) is 4.98 Å². The molecule has 1 aromatic carbocycles. The van der Waals surface area contributed by atoms with E-state index in [0.29, 0.717) is 12.3 Å². The molecule has 6 heteroatoms. The average Bonchev–Trinajstić information content (AvgIpc) is 3.17. The molecular weight excluding hydrogens is 346 g/mol. The van der Waals surface area contributed by atoms with Gasteiger partial charge in [0.15, 0.2) is 0 Å². The van der Waals surface area contributed by atoms with Gasteiger partial charge in [0.25, 0.3) is 0 Å². The third-order valence-corrected chi connectivity index (χ3v) is 5.70. The van der Waals surface area contributed by atoms with E-state index in [2.05, 4.69) is 26.6 Å². The predicted octanol–water partition coefficient (Wildman–Crippen LogP) is 4.16. The summed E-state index contributed by atoms with van der Waals surface area (Å²) in [5.74, 6) is 1.64. The Morgan fingerprint density at radius 1 is 1.31 bits per heavy atom. The van der Waals surface area contributed by atoms with Crippen molar-refractivity contribution in [2.45, 2.75) is 12.8 Å². The number of para-hydroxylation sites is 2. The number of thiophene rings is 1. The molecule has 1 aliphatic heterocycles. The number of ether oxygens (including phenoxy) is 1. The fourth-order valence-electron chi connectivity index (χ4n) is 3.50. The molecule has 3 aromatic rings. The highest BCUT2D eigenvalue weighted by atomic mass is 32.1. The van der Waals surface area contributed by atoms with Crippen molar-refractivity contribution in [1.29, 1.82) is 0 Å². The number of aromatic nitrogens is 1. The van der Waals surface area contributed by atoms with Gasteiger partial charge in [-0.2, -0.15) is 0 Å². The molecule has 0 bridgehead atoms. The van der Waals surface area contributed by atoms with Crippen molar-refractivity contribution in [2.75, 3.05) is 30.4 Å². The molecule has 1 aliphatic rings. The molecule has 1 fully saturated rings. The summed E-state index contributed by atoms with van der Waals surface area (Å²) < 4.78 is 6.56. The number of benzene rings is 1. The summed E-state index contributed by atoms with van der Waals surface area (Å²) in [6.07, 6.45) is 3.72. The molecule has 1 N–H and O–H groups in total. The fourth-order valence-corrected chi connectivity index (χ4v) is 4.27. The van der Waals surface area contributed by atoms with Gasteiger partial charge in [0.1, 0.15) is 11.6 Å². The number of rotatable bonds is 4. The van der Waals surface area contributed by atoms with Gasteiger partial charge in [-0.05, 0) is 42.5 Å². The Kier molecular flexibility index (Phi) is 4.75. The number of amides is 1. The van der Waals surface area contributed by atoms with Gasteiger partial charge in [0.05, 0.1) is 18.7 Å². The molecule has 2 aromatic heterocycles. The fraction of sp³-hybridized carbons (Fsp3) is 0.300. The normalized spacial score (nSPS) is 17.3. The van der Waals surface area contributed by atoms with E-state index in [1.54, 1.807) is 18.4 Å². The number of anilines is 2. The summed E-state index contributed by atoms with van der Waals surface area (Å²) in [5.41, 5.74) is 0.718. The lowest BCUT2D eigenvalue weighted by Gasteiger charge is -2.33. The summed E-state index contributed by atoms with van der Waals surface area (Å²) in [6, 6.07) is 11.7. The van der Waals surface area contributed by atoms with Crippen LogP contribution in [0.15, 0.2) is 48.0 Å². The monoisotopic (exact) mass is 367 g/mol. The number of nitrogens with one attached hydrogen (secondary N) is 1. The van der Waals surface area contributed by atoms with Crippen LogP contribution in [0.25, 0.3) is 10.1 Å². The van der Waals surface area contributed by atoms with Gasteiger partial charge in [0.2, 0.25) is 5.91 Å². The quantitative estimate of drug-likeness (QED) is 0.752. The molecular formula is C20H21N3O2S. The number of piperidine rings is 1. The zero-order valence-corrected chi connectivity index (χ0v) is 15.5. The number of methoxy groups -OCH3 is 1. The highest BCUT2D eigenvalue weighted by Crippen LogP contribution is 2.32. The van der Waals surface area contributed by atoms with E-state index in [1.807, 2.05) is 36.5 Å². The molecule has 4 rings (SSSR count). The first kappa shape index (κ1) is 16.8. The Balaban J connectivity index is 1.51. The largest absolute Gasteiger partial charge is 0.495 e. The Morgan fingerprint density at radius 2 is 2.19 bits per heavy atom. The van der Waals surface area contributed by atoms with Gasteiger partial charge in [0, 0.05) is 29.4 Å². The van der Waals surface area contributed by atoms with Crippen LogP contribution >= 0.6 is 11.3 Å². The lowest BCUT2D eigenvalue weighted by Crippen LogP contribution is -2.41. The van der Waals surface area contributed by atoms with E-state index >= 15 is 0 Å². The van der Waals surface area contributed by atoms with E-state index < -0.39 is 0 Å². The molecule has 0 aliphatic carbocycles. The number of carbonyl (C=O) groups is 1. The van der Waals surface area contributed by atoms with Crippen LogP contribution in [0.3, 0.4) is 0 Å². The van der Waals surface area contributed by atoms with Gasteiger partial charge in [-0.3, -0.25) is 4.79 Å². The van der Waals surface area contributed by atoms with Crippen molar-refractivity contribution in [1.82, 2.24) is 4.98 Å². The van der Waals surface area contributed by atoms with Crippen molar-refractivity contribution in [3.8, 4) is 5.75 Å². The number of hydrogen-bond acceptors (Lipinski definition) is 5. The average molecular weight is 367 g/mol. The van der Waals surface area contributed by atoms with Crippen LogP contribution in [0.2, 0.25) is 0 Å². The van der Waals surface area contributed by atoms with Crippen molar-refractivity contribution < 1.29 is 9.53 Å². The number of pyridine rings is 1. The van der Waals surface area contributed by atoms with Gasteiger partial charge in [-0.15, -0.1) is 11.3 Å². The maximum atomic E-state index is 12.8. The van der Waals surface area contributed by atoms with Crippen LogP contribution in [-0.4, -0.2) is 31.1 Å². The van der Waals surface area contributed by atoms with Crippen molar-refractivity contribution in [3.63, 3.8) is 0 Å². The summed E-state index contributed by atoms with van der Waals surface area (Å²) in [5, 5.41) is 6.29. The molecule has 5 nitrogen and oxygen atoms in total. The van der Waals surface area contributed by atoms with E-state index in [9.17, 15) is 4.79 Å². The molecule has 1 unspecified atom stereocenters. The second-order valence-corrected chi connectivity index (χ2v) is 7.39. The van der Waals surface area contributed by atoms with Crippen molar-refractivity contribution in [2.24, 2.45) is 5.92 Å². The minimum atomic E-state index is -0.0654. The zero-order chi connectivity index (χ0) is 17.9.